The summed E-state index contributed by atoms with van der Waals surface area (Å²) >= 11 is 0. The van der Waals surface area contributed by atoms with Crippen molar-refractivity contribution in [2.24, 2.45) is 0 Å². The van der Waals surface area contributed by atoms with E-state index in [9.17, 15) is 0 Å². The molecule has 0 unspecified atom stereocenters. The Morgan fingerprint density at radius 2 is 2.22 bits per heavy atom. The summed E-state index contributed by atoms with van der Waals surface area (Å²) in [5.41, 5.74) is 9.93. The van der Waals surface area contributed by atoms with Crippen molar-refractivity contribution in [3.05, 3.63) is 17.7 Å². The van der Waals surface area contributed by atoms with Crippen LogP contribution in [0.15, 0.2) is 12.1 Å². The topological polar surface area (TPSA) is 41.8 Å². The van der Waals surface area contributed by atoms with Crippen LogP contribution >= 0.6 is 0 Å². The van der Waals surface area contributed by atoms with Crippen LogP contribution in [0.3, 0.4) is 0 Å². The number of rotatable bonds is 0. The number of hydrogen-bond acceptors (Lipinski definition) is 1. The van der Waals surface area contributed by atoms with Crippen molar-refractivity contribution >= 4 is 16.7 Å². The van der Waals surface area contributed by atoms with E-state index in [0.29, 0.717) is 0 Å². The van der Waals surface area contributed by atoms with Crippen LogP contribution in [-0.4, -0.2) is 4.98 Å². The van der Waals surface area contributed by atoms with Crippen molar-refractivity contribution in [1.82, 2.24) is 4.98 Å². The molecule has 0 aromatic carbocycles. The largest absolute Gasteiger partial charge is 0.397 e. The van der Waals surface area contributed by atoms with Crippen LogP contribution in [-0.2, 0) is 0 Å². The van der Waals surface area contributed by atoms with Crippen molar-refractivity contribution in [2.75, 3.05) is 5.73 Å². The monoisotopic (exact) mass is 120 g/mol. The fourth-order valence-electron chi connectivity index (χ4n) is 1.20. The smallest absolute Gasteiger partial charge is 0.0649 e. The number of hydrogen-bond donors (Lipinski definition) is 2. The summed E-state index contributed by atoms with van der Waals surface area (Å²) in [5.74, 6) is 0. The molecule has 0 saturated heterocycles. The Labute approximate surface area is 53.0 Å². The number of nitrogens with two attached hydrogens (primary N) is 1. The van der Waals surface area contributed by atoms with Gasteiger partial charge in [-0.05, 0) is 24.6 Å². The second kappa shape index (κ2) is 1.21. The van der Waals surface area contributed by atoms with Crippen molar-refractivity contribution in [3.63, 3.8) is 0 Å². The van der Waals surface area contributed by atoms with Crippen LogP contribution in [0.1, 0.15) is 5.56 Å². The number of aromatic nitrogens is 1. The van der Waals surface area contributed by atoms with E-state index >= 15 is 0 Å². The molecular formula is C7H8N2. The molecule has 2 nitrogen and oxygen atoms in total. The Kier molecular flexibility index (Phi) is 0.628. The summed E-state index contributed by atoms with van der Waals surface area (Å²) in [4.78, 5) is 3.15. The third kappa shape index (κ3) is 0.447. The van der Waals surface area contributed by atoms with Gasteiger partial charge in [0.05, 0.1) is 11.2 Å². The van der Waals surface area contributed by atoms with Gasteiger partial charge in [-0.15, -0.1) is 0 Å². The lowest BCUT2D eigenvalue weighted by molar-refractivity contribution is 1.54. The lowest BCUT2D eigenvalue weighted by Crippen LogP contribution is -1.82. The number of aryl methyl sites for hydroxylation is 1. The SMILES string of the molecule is Cc1cc2cc(N)c1[nH]2. The molecule has 2 aromatic rings. The van der Waals surface area contributed by atoms with Gasteiger partial charge in [-0.2, -0.15) is 0 Å². The van der Waals surface area contributed by atoms with Gasteiger partial charge in [-0.3, -0.25) is 0 Å². The minimum Gasteiger partial charge on any atom is -0.397 e. The first kappa shape index (κ1) is 4.68. The molecule has 2 rings (SSSR count). The summed E-state index contributed by atoms with van der Waals surface area (Å²) < 4.78 is 0. The first-order valence-electron chi connectivity index (χ1n) is 2.94. The molecule has 0 atom stereocenters. The molecule has 0 saturated carbocycles. The molecule has 3 N–H and O–H groups in total. The van der Waals surface area contributed by atoms with Crippen LogP contribution in [0, 0.1) is 6.92 Å². The molecule has 0 aliphatic carbocycles. The second-order valence-corrected chi connectivity index (χ2v) is 2.38. The highest BCUT2D eigenvalue weighted by Gasteiger charge is 2.02. The molecule has 0 amide bonds. The summed E-state index contributed by atoms with van der Waals surface area (Å²) in [7, 11) is 0. The van der Waals surface area contributed by atoms with Gasteiger partial charge in [-0.25, -0.2) is 0 Å². The predicted octanol–water partition coefficient (Wildman–Crippen LogP) is 1.50. The number of nitrogen functional groups attached to an aromatic ring is 1. The van der Waals surface area contributed by atoms with Crippen LogP contribution in [0.5, 0.6) is 0 Å². The Morgan fingerprint density at radius 1 is 1.44 bits per heavy atom. The van der Waals surface area contributed by atoms with Gasteiger partial charge in [0.15, 0.2) is 0 Å². The Balaban J connectivity index is 2.96. The van der Waals surface area contributed by atoms with Gasteiger partial charge >= 0.3 is 0 Å². The van der Waals surface area contributed by atoms with Gasteiger partial charge < -0.3 is 10.7 Å². The quantitative estimate of drug-likeness (QED) is 0.508. The predicted molar refractivity (Wildman–Crippen MR) is 38.6 cm³/mol. The highest BCUT2D eigenvalue weighted by molar-refractivity contribution is 5.84. The summed E-state index contributed by atoms with van der Waals surface area (Å²) in [6.07, 6.45) is 0. The second-order valence-electron chi connectivity index (χ2n) is 2.38. The number of nitrogens with one attached hydrogen (secondary N) is 1. The van der Waals surface area contributed by atoms with Crippen molar-refractivity contribution in [1.29, 1.82) is 0 Å². The average Bonchev–Trinajstić information content (AvgIpc) is 2.22. The van der Waals surface area contributed by atoms with Crippen LogP contribution in [0.25, 0.3) is 11.0 Å². The van der Waals surface area contributed by atoms with Gasteiger partial charge in [0.2, 0.25) is 0 Å². The van der Waals surface area contributed by atoms with E-state index in [0.717, 1.165) is 16.7 Å². The van der Waals surface area contributed by atoms with Crippen LogP contribution in [0.2, 0.25) is 0 Å². The molecule has 2 bridgehead atoms. The van der Waals surface area contributed by atoms with Gasteiger partial charge in [0.25, 0.3) is 0 Å². The zero-order valence-corrected chi connectivity index (χ0v) is 5.23. The van der Waals surface area contributed by atoms with Gasteiger partial charge in [0.1, 0.15) is 0 Å². The number of H-pyrrole nitrogens is 1. The van der Waals surface area contributed by atoms with Crippen LogP contribution in [0.4, 0.5) is 5.69 Å². The maximum Gasteiger partial charge on any atom is 0.0649 e. The Bertz CT molecular complexity index is 295. The van der Waals surface area contributed by atoms with Gasteiger partial charge in [-0.1, -0.05) is 0 Å². The number of benzene rings is 1. The zero-order chi connectivity index (χ0) is 6.43. The Hall–Kier alpha value is -1.18. The fraction of sp³-hybridized carbons (Fsp3) is 0.143. The zero-order valence-electron chi connectivity index (χ0n) is 5.23. The maximum atomic E-state index is 5.61. The first-order chi connectivity index (χ1) is 4.27. The van der Waals surface area contributed by atoms with E-state index in [1.807, 2.05) is 6.07 Å². The number of aromatic amines is 1. The third-order valence-electron chi connectivity index (χ3n) is 1.64. The standard InChI is InChI=1S/C7H8N2/c1-4-2-5-3-6(8)7(4)9-5/h2-3,9H,8H2,1H3. The summed E-state index contributed by atoms with van der Waals surface area (Å²) in [6.45, 7) is 2.05. The molecule has 2 aromatic heterocycles. The molecule has 0 aliphatic rings. The van der Waals surface area contributed by atoms with Crippen molar-refractivity contribution in [2.45, 2.75) is 6.92 Å². The fourth-order valence-corrected chi connectivity index (χ4v) is 1.20. The average molecular weight is 120 g/mol. The highest BCUT2D eigenvalue weighted by Crippen LogP contribution is 2.23. The number of anilines is 1. The Morgan fingerprint density at radius 3 is 2.56 bits per heavy atom. The molecule has 0 spiro atoms. The minimum atomic E-state index is 0.866. The molecule has 0 radical (unpaired) electrons. The molecule has 46 valence electrons. The molecule has 0 fully saturated rings. The first-order valence-corrected chi connectivity index (χ1v) is 2.94. The summed E-state index contributed by atoms with van der Waals surface area (Å²) in [6, 6.07) is 4.04. The lowest BCUT2D eigenvalue weighted by Gasteiger charge is -1.88. The van der Waals surface area contributed by atoms with E-state index < -0.39 is 0 Å². The van der Waals surface area contributed by atoms with Crippen molar-refractivity contribution in [3.8, 4) is 0 Å². The molecule has 9 heavy (non-hydrogen) atoms. The van der Waals surface area contributed by atoms with E-state index in [1.165, 1.54) is 5.56 Å². The van der Waals surface area contributed by atoms with E-state index in [4.69, 9.17) is 5.73 Å². The normalized spacial score (nSPS) is 11.2. The van der Waals surface area contributed by atoms with E-state index in [-0.39, 0.29) is 0 Å². The van der Waals surface area contributed by atoms with Gasteiger partial charge in [0, 0.05) is 5.52 Å². The summed E-state index contributed by atoms with van der Waals surface area (Å²) in [5, 5.41) is 0. The third-order valence-corrected chi connectivity index (χ3v) is 1.64. The van der Waals surface area contributed by atoms with Crippen molar-refractivity contribution < 1.29 is 0 Å². The lowest BCUT2D eigenvalue weighted by atomic mass is 10.2. The molecule has 2 heterocycles. The number of fused-ring (bicyclic) bond motifs is 2. The van der Waals surface area contributed by atoms with Crippen LogP contribution < -0.4 is 5.73 Å². The minimum absolute atomic E-state index is 0.866. The molecule has 0 aliphatic heterocycles. The van der Waals surface area contributed by atoms with E-state index in [2.05, 4.69) is 18.0 Å². The maximum absolute atomic E-state index is 5.61. The highest BCUT2D eigenvalue weighted by atomic mass is 14.8. The molecular weight excluding hydrogens is 112 g/mol. The molecule has 2 heteroatoms. The van der Waals surface area contributed by atoms with E-state index in [1.54, 1.807) is 0 Å².